The van der Waals surface area contributed by atoms with E-state index in [1.165, 1.54) is 4.90 Å². The predicted molar refractivity (Wildman–Crippen MR) is 84.8 cm³/mol. The van der Waals surface area contributed by atoms with Gasteiger partial charge in [0.2, 0.25) is 0 Å². The van der Waals surface area contributed by atoms with E-state index in [1.54, 1.807) is 29.2 Å². The number of primary amides is 1. The molecule has 0 unspecified atom stereocenters. The van der Waals surface area contributed by atoms with Gasteiger partial charge in [-0.1, -0.05) is 0 Å². The molecule has 2 aliphatic heterocycles. The number of carbonyl (C=O) groups is 3. The van der Waals surface area contributed by atoms with Gasteiger partial charge in [-0.25, -0.2) is 9.59 Å². The van der Waals surface area contributed by atoms with Crippen LogP contribution in [0.5, 0.6) is 0 Å². The maximum Gasteiger partial charge on any atom is 0.414 e. The van der Waals surface area contributed by atoms with Gasteiger partial charge in [-0.3, -0.25) is 9.69 Å². The number of anilines is 2. The maximum atomic E-state index is 11.9. The molecule has 3 N–H and O–H groups in total. The Morgan fingerprint density at radius 3 is 2.50 bits per heavy atom. The van der Waals surface area contributed by atoms with Crippen molar-refractivity contribution < 1.29 is 23.9 Å². The van der Waals surface area contributed by atoms with Gasteiger partial charge in [0, 0.05) is 17.9 Å². The van der Waals surface area contributed by atoms with Gasteiger partial charge in [0.15, 0.2) is 0 Å². The summed E-state index contributed by atoms with van der Waals surface area (Å²) in [6, 6.07) is 6.40. The summed E-state index contributed by atoms with van der Waals surface area (Å²) in [4.78, 5) is 37.6. The van der Waals surface area contributed by atoms with Crippen molar-refractivity contribution in [2.45, 2.75) is 6.10 Å². The summed E-state index contributed by atoms with van der Waals surface area (Å²) in [6.45, 7) is 1.56. The molecule has 9 heteroatoms. The van der Waals surface area contributed by atoms with Crippen molar-refractivity contribution in [1.29, 1.82) is 0 Å². The minimum atomic E-state index is -0.663. The Kier molecular flexibility index (Phi) is 4.52. The minimum absolute atomic E-state index is 0.0781. The normalized spacial score (nSPS) is 20.9. The molecule has 1 atom stereocenters. The summed E-state index contributed by atoms with van der Waals surface area (Å²) < 4.78 is 10.3. The molecular weight excluding hydrogens is 316 g/mol. The first-order chi connectivity index (χ1) is 11.5. The summed E-state index contributed by atoms with van der Waals surface area (Å²) in [7, 11) is 0. The molecule has 0 radical (unpaired) electrons. The number of carbonyl (C=O) groups excluding carboxylic acids is 3. The van der Waals surface area contributed by atoms with Crippen molar-refractivity contribution >= 4 is 29.4 Å². The van der Waals surface area contributed by atoms with Gasteiger partial charge in [0.1, 0.15) is 12.7 Å². The van der Waals surface area contributed by atoms with Gasteiger partial charge in [0.25, 0.3) is 5.91 Å². The lowest BCUT2D eigenvalue weighted by Gasteiger charge is -2.27. The van der Waals surface area contributed by atoms with Crippen LogP contribution in [-0.4, -0.2) is 57.0 Å². The van der Waals surface area contributed by atoms with Crippen LogP contribution in [0.25, 0.3) is 0 Å². The van der Waals surface area contributed by atoms with E-state index >= 15 is 0 Å². The molecule has 2 fully saturated rings. The molecule has 9 nitrogen and oxygen atoms in total. The number of cyclic esters (lactones) is 1. The van der Waals surface area contributed by atoms with E-state index in [9.17, 15) is 14.4 Å². The number of benzene rings is 1. The lowest BCUT2D eigenvalue weighted by Crippen LogP contribution is -2.41. The Labute approximate surface area is 138 Å². The average Bonchev–Trinajstić information content (AvgIpc) is 2.94. The topological polar surface area (TPSA) is 114 Å². The molecule has 1 aromatic rings. The first kappa shape index (κ1) is 16.1. The van der Waals surface area contributed by atoms with Crippen LogP contribution in [0.1, 0.15) is 0 Å². The molecule has 2 saturated heterocycles. The van der Waals surface area contributed by atoms with Gasteiger partial charge in [-0.2, -0.15) is 0 Å². The number of nitrogens with two attached hydrogens (primary N) is 1. The van der Waals surface area contributed by atoms with E-state index in [1.807, 2.05) is 0 Å². The van der Waals surface area contributed by atoms with Crippen molar-refractivity contribution in [2.75, 3.05) is 42.6 Å². The number of nitrogens with zero attached hydrogens (tertiary/aromatic N) is 2. The summed E-state index contributed by atoms with van der Waals surface area (Å²) in [6.07, 6.45) is -0.938. The summed E-state index contributed by atoms with van der Waals surface area (Å²) in [5.74, 6) is -0.0906. The molecule has 128 valence electrons. The lowest BCUT2D eigenvalue weighted by atomic mass is 10.2. The molecule has 0 aliphatic carbocycles. The fraction of sp³-hybridized carbons (Fsp3) is 0.400. The third-order valence-corrected chi connectivity index (χ3v) is 3.84. The highest BCUT2D eigenvalue weighted by Gasteiger charge is 2.32. The average molecular weight is 334 g/mol. The number of ether oxygens (including phenoxy) is 2. The monoisotopic (exact) mass is 334 g/mol. The maximum absolute atomic E-state index is 11.9. The van der Waals surface area contributed by atoms with Crippen LogP contribution >= 0.6 is 0 Å². The highest BCUT2D eigenvalue weighted by Crippen LogP contribution is 2.25. The van der Waals surface area contributed by atoms with Crippen LogP contribution in [-0.2, 0) is 14.3 Å². The Morgan fingerprint density at radius 2 is 1.88 bits per heavy atom. The van der Waals surface area contributed by atoms with Gasteiger partial charge in [-0.05, 0) is 24.3 Å². The van der Waals surface area contributed by atoms with E-state index in [4.69, 9.17) is 15.2 Å². The Balaban J connectivity index is 1.66. The summed E-state index contributed by atoms with van der Waals surface area (Å²) >= 11 is 0. The zero-order chi connectivity index (χ0) is 17.1. The molecule has 0 aromatic heterocycles. The molecule has 2 heterocycles. The fourth-order valence-electron chi connectivity index (χ4n) is 2.66. The standard InChI is InChI=1S/C15H18N4O5/c16-14(21)17-7-12-8-19(15(22)24-12)11-3-1-10(2-4-11)18-5-6-23-9-13(18)20/h1-4,12H,5-9H2,(H3,16,17,21)/t12-/m0/s1. The molecule has 0 bridgehead atoms. The molecule has 3 rings (SSSR count). The molecule has 0 saturated carbocycles. The number of urea groups is 1. The van der Waals surface area contributed by atoms with Crippen molar-refractivity contribution in [3.63, 3.8) is 0 Å². The van der Waals surface area contributed by atoms with E-state index in [-0.39, 0.29) is 19.1 Å². The number of hydrogen-bond donors (Lipinski definition) is 2. The second kappa shape index (κ2) is 6.75. The fourth-order valence-corrected chi connectivity index (χ4v) is 2.66. The first-order valence-electron chi connectivity index (χ1n) is 7.54. The van der Waals surface area contributed by atoms with Gasteiger partial charge in [0.05, 0.1) is 19.7 Å². The second-order valence-electron chi connectivity index (χ2n) is 5.48. The highest BCUT2D eigenvalue weighted by atomic mass is 16.6. The predicted octanol–water partition coefficient (Wildman–Crippen LogP) is 0.0433. The number of hydrogen-bond acceptors (Lipinski definition) is 5. The van der Waals surface area contributed by atoms with Crippen molar-refractivity contribution in [3.05, 3.63) is 24.3 Å². The lowest BCUT2D eigenvalue weighted by molar-refractivity contribution is -0.125. The minimum Gasteiger partial charge on any atom is -0.442 e. The van der Waals surface area contributed by atoms with Crippen LogP contribution in [0.2, 0.25) is 0 Å². The largest absolute Gasteiger partial charge is 0.442 e. The molecule has 4 amide bonds. The first-order valence-corrected chi connectivity index (χ1v) is 7.54. The van der Waals surface area contributed by atoms with Crippen LogP contribution in [0.3, 0.4) is 0 Å². The Morgan fingerprint density at radius 1 is 1.21 bits per heavy atom. The Bertz CT molecular complexity index is 648. The van der Waals surface area contributed by atoms with Crippen LogP contribution in [0.4, 0.5) is 21.0 Å². The van der Waals surface area contributed by atoms with Crippen molar-refractivity contribution in [1.82, 2.24) is 5.32 Å². The zero-order valence-corrected chi connectivity index (χ0v) is 12.9. The molecule has 0 spiro atoms. The van der Waals surface area contributed by atoms with E-state index in [2.05, 4.69) is 5.32 Å². The summed E-state index contributed by atoms with van der Waals surface area (Å²) in [5, 5.41) is 2.42. The number of amides is 4. The smallest absolute Gasteiger partial charge is 0.414 e. The van der Waals surface area contributed by atoms with Crippen LogP contribution < -0.4 is 20.9 Å². The molecule has 2 aliphatic rings. The van der Waals surface area contributed by atoms with Crippen molar-refractivity contribution in [2.24, 2.45) is 5.73 Å². The number of rotatable bonds is 4. The molecular formula is C15H18N4O5. The van der Waals surface area contributed by atoms with Crippen LogP contribution in [0.15, 0.2) is 24.3 Å². The third kappa shape index (κ3) is 3.40. The van der Waals surface area contributed by atoms with E-state index in [0.717, 1.165) is 5.69 Å². The third-order valence-electron chi connectivity index (χ3n) is 3.84. The molecule has 24 heavy (non-hydrogen) atoms. The molecule has 1 aromatic carbocycles. The van der Waals surface area contributed by atoms with E-state index < -0.39 is 18.2 Å². The van der Waals surface area contributed by atoms with E-state index in [0.29, 0.717) is 25.4 Å². The number of morpholine rings is 1. The quantitative estimate of drug-likeness (QED) is 0.807. The van der Waals surface area contributed by atoms with Crippen LogP contribution in [0, 0.1) is 0 Å². The second-order valence-corrected chi connectivity index (χ2v) is 5.48. The van der Waals surface area contributed by atoms with Gasteiger partial charge in [-0.15, -0.1) is 0 Å². The highest BCUT2D eigenvalue weighted by molar-refractivity contribution is 5.95. The van der Waals surface area contributed by atoms with Crippen molar-refractivity contribution in [3.8, 4) is 0 Å². The van der Waals surface area contributed by atoms with Gasteiger partial charge < -0.3 is 25.4 Å². The van der Waals surface area contributed by atoms with Gasteiger partial charge >= 0.3 is 12.1 Å². The zero-order valence-electron chi connectivity index (χ0n) is 12.9. The SMILES string of the molecule is NC(=O)NC[C@H]1CN(c2ccc(N3CCOCC3=O)cc2)C(=O)O1. The Hall–Kier alpha value is -2.81. The number of nitrogens with one attached hydrogen (secondary N) is 1. The summed E-state index contributed by atoms with van der Waals surface area (Å²) in [5.41, 5.74) is 6.42.